The molecule has 15 heteroatoms. The molecule has 0 saturated carbocycles. The van der Waals surface area contributed by atoms with Crippen LogP contribution in [0, 0.1) is 11.8 Å². The van der Waals surface area contributed by atoms with Crippen molar-refractivity contribution >= 4 is 49.3 Å². The molecule has 0 bridgehead atoms. The summed E-state index contributed by atoms with van der Waals surface area (Å²) in [4.78, 5) is 24.5. The Labute approximate surface area is 222 Å². The molecule has 1 heterocycles. The molecule has 37 heavy (non-hydrogen) atoms. The van der Waals surface area contributed by atoms with Gasteiger partial charge in [-0.1, -0.05) is 32.5 Å². The minimum atomic E-state index is -4.03. The van der Waals surface area contributed by atoms with Crippen LogP contribution in [0.1, 0.15) is 27.7 Å². The number of nitrogens with one attached hydrogen (secondary N) is 3. The molecule has 1 aromatic carbocycles. The van der Waals surface area contributed by atoms with Crippen LogP contribution >= 0.6 is 11.8 Å². The number of thioether (sulfide) groups is 1. The second-order valence-electron chi connectivity index (χ2n) is 9.51. The van der Waals surface area contributed by atoms with Gasteiger partial charge >= 0.3 is 6.09 Å². The van der Waals surface area contributed by atoms with Crippen molar-refractivity contribution in [1.29, 1.82) is 0 Å². The largest absolute Gasteiger partial charge is 0.453 e. The number of fused-ring (bicyclic) bond motifs is 1. The van der Waals surface area contributed by atoms with E-state index in [1.165, 1.54) is 49.2 Å². The Bertz CT molecular complexity index is 1190. The van der Waals surface area contributed by atoms with Crippen LogP contribution in [-0.2, 0) is 29.4 Å². The number of nitrogens with zero attached hydrogens (tertiary/aromatic N) is 1. The molecule has 0 fully saturated rings. The first kappa shape index (κ1) is 31.1. The van der Waals surface area contributed by atoms with Crippen LogP contribution in [0.5, 0.6) is 0 Å². The first-order valence-electron chi connectivity index (χ1n) is 11.6. The lowest BCUT2D eigenvalue weighted by Gasteiger charge is -2.29. The third kappa shape index (κ3) is 9.02. The van der Waals surface area contributed by atoms with Gasteiger partial charge in [0, 0.05) is 30.2 Å². The molecule has 2 amide bonds. The van der Waals surface area contributed by atoms with Gasteiger partial charge < -0.3 is 20.5 Å². The second-order valence-corrected chi connectivity index (χ2v) is 14.8. The van der Waals surface area contributed by atoms with Crippen LogP contribution in [0.3, 0.4) is 0 Å². The zero-order valence-electron chi connectivity index (χ0n) is 21.7. The zero-order chi connectivity index (χ0) is 28.1. The Morgan fingerprint density at radius 2 is 1.81 bits per heavy atom. The molecule has 1 aliphatic heterocycles. The van der Waals surface area contributed by atoms with E-state index in [1.54, 1.807) is 6.07 Å². The van der Waals surface area contributed by atoms with Crippen LogP contribution in [0.25, 0.3) is 0 Å². The van der Waals surface area contributed by atoms with E-state index in [0.29, 0.717) is 10.6 Å². The van der Waals surface area contributed by atoms with E-state index in [4.69, 9.17) is 0 Å². The second kappa shape index (κ2) is 12.7. The standard InChI is InChI=1S/C22H36N4O8S3/c1-13(2)10-26(11-18(27)15(4)23-20(28)14(3)12-36(6,30)31)37(32,33)16-7-8-17-19(9-16)35-21(24-17)25-22(29)34-5/h7-9,13-15,18,21,24,27H,10-12H2,1-6H3,(H,23,28)(H,25,29). The van der Waals surface area contributed by atoms with Gasteiger partial charge in [-0.15, -0.1) is 0 Å². The number of amides is 2. The van der Waals surface area contributed by atoms with Crippen molar-refractivity contribution in [2.45, 2.75) is 55.1 Å². The number of benzene rings is 1. The first-order valence-corrected chi connectivity index (χ1v) is 16.0. The van der Waals surface area contributed by atoms with Crippen LogP contribution in [-0.4, -0.2) is 88.1 Å². The van der Waals surface area contributed by atoms with Crippen molar-refractivity contribution in [1.82, 2.24) is 14.9 Å². The highest BCUT2D eigenvalue weighted by Gasteiger charge is 2.32. The summed E-state index contributed by atoms with van der Waals surface area (Å²) in [6, 6.07) is 3.72. The Hall–Kier alpha value is -2.07. The lowest BCUT2D eigenvalue weighted by Crippen LogP contribution is -2.50. The molecule has 4 atom stereocenters. The number of ether oxygens (including phenoxy) is 1. The van der Waals surface area contributed by atoms with Crippen LogP contribution in [0.4, 0.5) is 10.5 Å². The number of carbonyl (C=O) groups is 2. The molecule has 12 nitrogen and oxygen atoms in total. The van der Waals surface area contributed by atoms with E-state index in [9.17, 15) is 31.5 Å². The summed E-state index contributed by atoms with van der Waals surface area (Å²) in [5.41, 5.74) is 0.129. The van der Waals surface area contributed by atoms with E-state index in [1.807, 2.05) is 13.8 Å². The highest BCUT2D eigenvalue weighted by Crippen LogP contribution is 2.39. The number of anilines is 1. The summed E-state index contributed by atoms with van der Waals surface area (Å²) in [5, 5.41) is 19.0. The molecule has 0 aliphatic carbocycles. The summed E-state index contributed by atoms with van der Waals surface area (Å²) in [7, 11) is -6.16. The number of carbonyl (C=O) groups excluding carboxylic acids is 2. The average molecular weight is 581 g/mol. The Morgan fingerprint density at radius 1 is 1.16 bits per heavy atom. The number of methoxy groups -OCH3 is 1. The molecule has 0 aromatic heterocycles. The summed E-state index contributed by atoms with van der Waals surface area (Å²) in [5.74, 6) is -1.76. The molecular formula is C22H36N4O8S3. The number of aliphatic hydroxyl groups excluding tert-OH is 1. The van der Waals surface area contributed by atoms with E-state index >= 15 is 0 Å². The SMILES string of the molecule is COC(=O)NC1Nc2ccc(S(=O)(=O)N(CC(C)C)CC(O)C(C)NC(=O)C(C)CS(C)(=O)=O)cc2S1. The van der Waals surface area contributed by atoms with Gasteiger partial charge in [-0.2, -0.15) is 4.31 Å². The summed E-state index contributed by atoms with van der Waals surface area (Å²) >= 11 is 1.22. The zero-order valence-corrected chi connectivity index (χ0v) is 24.2. The molecule has 1 aliphatic rings. The Kier molecular flexibility index (Phi) is 10.7. The predicted octanol–water partition coefficient (Wildman–Crippen LogP) is 1.04. The fourth-order valence-electron chi connectivity index (χ4n) is 3.60. The maximum absolute atomic E-state index is 13.6. The lowest BCUT2D eigenvalue weighted by atomic mass is 10.1. The third-order valence-corrected chi connectivity index (χ3v) is 9.46. The summed E-state index contributed by atoms with van der Waals surface area (Å²) < 4.78 is 55.8. The quantitative estimate of drug-likeness (QED) is 0.280. The van der Waals surface area contributed by atoms with Crippen molar-refractivity contribution < 1.29 is 36.3 Å². The Balaban J connectivity index is 2.17. The van der Waals surface area contributed by atoms with Crippen molar-refractivity contribution in [2.75, 3.05) is 37.5 Å². The van der Waals surface area contributed by atoms with Crippen molar-refractivity contribution in [3.05, 3.63) is 18.2 Å². The van der Waals surface area contributed by atoms with Gasteiger partial charge in [0.05, 0.1) is 35.6 Å². The maximum atomic E-state index is 13.6. The normalized spacial score (nSPS) is 18.0. The number of hydrogen-bond acceptors (Lipinski definition) is 10. The highest BCUT2D eigenvalue weighted by molar-refractivity contribution is 8.00. The number of aliphatic hydroxyl groups is 1. The molecule has 0 spiro atoms. The Morgan fingerprint density at radius 3 is 2.38 bits per heavy atom. The first-order chi connectivity index (χ1) is 17.0. The third-order valence-electron chi connectivity index (χ3n) is 5.46. The number of hydrogen-bond donors (Lipinski definition) is 4. The van der Waals surface area contributed by atoms with Crippen molar-refractivity contribution in [3.8, 4) is 0 Å². The molecule has 4 unspecified atom stereocenters. The fourth-order valence-corrected chi connectivity index (χ4v) is 7.42. The van der Waals surface area contributed by atoms with E-state index in [2.05, 4.69) is 20.7 Å². The minimum Gasteiger partial charge on any atom is -0.453 e. The lowest BCUT2D eigenvalue weighted by molar-refractivity contribution is -0.125. The monoisotopic (exact) mass is 580 g/mol. The minimum absolute atomic E-state index is 0.0191. The smallest absolute Gasteiger partial charge is 0.409 e. The van der Waals surface area contributed by atoms with Gasteiger partial charge in [0.15, 0.2) is 5.50 Å². The van der Waals surface area contributed by atoms with Crippen molar-refractivity contribution in [2.24, 2.45) is 11.8 Å². The molecule has 4 N–H and O–H groups in total. The van der Waals surface area contributed by atoms with Crippen LogP contribution < -0.4 is 16.0 Å². The van der Waals surface area contributed by atoms with E-state index in [-0.39, 0.29) is 29.7 Å². The molecule has 1 aromatic rings. The predicted molar refractivity (Wildman–Crippen MR) is 141 cm³/mol. The van der Waals surface area contributed by atoms with Crippen molar-refractivity contribution in [3.63, 3.8) is 0 Å². The molecule has 210 valence electrons. The maximum Gasteiger partial charge on any atom is 0.409 e. The molecule has 2 rings (SSSR count). The van der Waals surface area contributed by atoms with Gasteiger partial charge in [0.25, 0.3) is 0 Å². The highest BCUT2D eigenvalue weighted by atomic mass is 32.2. The van der Waals surface area contributed by atoms with Crippen LogP contribution in [0.2, 0.25) is 0 Å². The summed E-state index contributed by atoms with van der Waals surface area (Å²) in [6.45, 7) is 6.53. The van der Waals surface area contributed by atoms with E-state index in [0.717, 1.165) is 6.26 Å². The molecular weight excluding hydrogens is 544 g/mol. The number of alkyl carbamates (subject to hydrolysis) is 1. The van der Waals surface area contributed by atoms with Gasteiger partial charge in [-0.25, -0.2) is 21.6 Å². The summed E-state index contributed by atoms with van der Waals surface area (Å²) in [6.07, 6.45) is -0.843. The van der Waals surface area contributed by atoms with Gasteiger partial charge in [-0.05, 0) is 31.0 Å². The van der Waals surface area contributed by atoms with Gasteiger partial charge in [0.2, 0.25) is 15.9 Å². The molecule has 0 radical (unpaired) electrons. The van der Waals surface area contributed by atoms with Gasteiger partial charge in [0.1, 0.15) is 9.84 Å². The number of sulfonamides is 1. The number of sulfone groups is 1. The average Bonchev–Trinajstić information content (AvgIpc) is 3.18. The van der Waals surface area contributed by atoms with Gasteiger partial charge in [-0.3, -0.25) is 10.1 Å². The fraction of sp³-hybridized carbons (Fsp3) is 0.636. The molecule has 0 saturated heterocycles. The number of rotatable bonds is 12. The van der Waals surface area contributed by atoms with Crippen LogP contribution in [0.15, 0.2) is 28.0 Å². The topological polar surface area (TPSA) is 171 Å². The van der Waals surface area contributed by atoms with E-state index < -0.39 is 55.4 Å².